The molecule has 0 bridgehead atoms. The Balaban J connectivity index is 1.37. The molecule has 1 amide bonds. The number of rotatable bonds is 3. The van der Waals surface area contributed by atoms with Crippen LogP contribution in [-0.2, 0) is 6.54 Å². The molecule has 0 radical (unpaired) electrons. The third-order valence-corrected chi connectivity index (χ3v) is 5.45. The first kappa shape index (κ1) is 14.5. The summed E-state index contributed by atoms with van der Waals surface area (Å²) in [5.41, 5.74) is 7.83. The molecule has 2 N–H and O–H groups in total. The number of nitrogens with one attached hydrogen (secondary N) is 2. The molecular weight excluding hydrogens is 338 g/mol. The Labute approximate surface area is 148 Å². The summed E-state index contributed by atoms with van der Waals surface area (Å²) in [4.78, 5) is 16.6. The van der Waals surface area contributed by atoms with E-state index in [0.717, 1.165) is 35.4 Å². The van der Waals surface area contributed by atoms with Crippen molar-refractivity contribution in [2.24, 2.45) is 0 Å². The lowest BCUT2D eigenvalue weighted by Gasteiger charge is -2.26. The van der Waals surface area contributed by atoms with Gasteiger partial charge in [-0.1, -0.05) is 0 Å². The third-order valence-electron chi connectivity index (χ3n) is 4.68. The van der Waals surface area contributed by atoms with Gasteiger partial charge in [-0.15, -0.1) is 0 Å². The maximum Gasteiger partial charge on any atom is 0.262 e. The van der Waals surface area contributed by atoms with Crippen LogP contribution in [-0.4, -0.2) is 38.1 Å². The monoisotopic (exact) mass is 355 g/mol. The minimum absolute atomic E-state index is 0.0248. The summed E-state index contributed by atoms with van der Waals surface area (Å²) in [6.45, 7) is 2.66. The Hall–Kier alpha value is -2.81. The van der Waals surface area contributed by atoms with E-state index in [9.17, 15) is 4.79 Å². The zero-order valence-corrected chi connectivity index (χ0v) is 14.3. The normalized spacial score (nSPS) is 19.4. The van der Waals surface area contributed by atoms with Crippen LogP contribution in [0.1, 0.15) is 28.9 Å². The van der Waals surface area contributed by atoms with Gasteiger partial charge in [-0.25, -0.2) is 4.68 Å². The zero-order chi connectivity index (χ0) is 16.8. The Bertz CT molecular complexity index is 876. The summed E-state index contributed by atoms with van der Waals surface area (Å²) in [5.74, 6) is 1.85. The molecular formula is C16H17N7OS. The average molecular weight is 355 g/mol. The average Bonchev–Trinajstić information content (AvgIpc) is 3.42. The van der Waals surface area contributed by atoms with Gasteiger partial charge in [0.25, 0.3) is 5.91 Å². The van der Waals surface area contributed by atoms with E-state index in [1.54, 1.807) is 22.0 Å². The number of amides is 1. The molecule has 0 aromatic carbocycles. The van der Waals surface area contributed by atoms with Crippen LogP contribution >= 0.6 is 11.5 Å². The summed E-state index contributed by atoms with van der Waals surface area (Å²) in [5, 5.41) is 5.42. The number of fused-ring (bicyclic) bond motifs is 1. The number of aromatic nitrogens is 3. The quantitative estimate of drug-likeness (QED) is 0.865. The number of anilines is 1. The Morgan fingerprint density at radius 3 is 2.60 bits per heavy atom. The fraction of sp³-hybridized carbons (Fsp3) is 0.312. The SMILES string of the molecule is O=C1c2cn(C3=CC=C(N4CCCC4)NN3)nc2CN1c1ccns1. The molecule has 2 aromatic rings. The van der Waals surface area contributed by atoms with Gasteiger partial charge in [-0.05, 0) is 42.6 Å². The molecule has 0 spiro atoms. The maximum absolute atomic E-state index is 12.6. The van der Waals surface area contributed by atoms with E-state index >= 15 is 0 Å². The largest absolute Gasteiger partial charge is 0.357 e. The number of likely N-dealkylation sites (tertiary alicyclic amines) is 1. The van der Waals surface area contributed by atoms with E-state index in [1.807, 2.05) is 12.1 Å². The highest BCUT2D eigenvalue weighted by atomic mass is 32.1. The second kappa shape index (κ2) is 5.62. The van der Waals surface area contributed by atoms with Crippen molar-refractivity contribution in [2.45, 2.75) is 19.4 Å². The van der Waals surface area contributed by atoms with Gasteiger partial charge >= 0.3 is 0 Å². The van der Waals surface area contributed by atoms with E-state index < -0.39 is 0 Å². The molecule has 2 aromatic heterocycles. The van der Waals surface area contributed by atoms with Gasteiger partial charge in [0.15, 0.2) is 0 Å². The van der Waals surface area contributed by atoms with Crippen LogP contribution in [0.3, 0.4) is 0 Å². The molecule has 9 heteroatoms. The Kier molecular flexibility index (Phi) is 3.27. The van der Waals surface area contributed by atoms with E-state index in [-0.39, 0.29) is 5.91 Å². The summed E-state index contributed by atoms with van der Waals surface area (Å²) in [6, 6.07) is 1.85. The van der Waals surface area contributed by atoms with Crippen molar-refractivity contribution in [3.05, 3.63) is 47.7 Å². The minimum Gasteiger partial charge on any atom is -0.357 e. The summed E-state index contributed by atoms with van der Waals surface area (Å²) < 4.78 is 5.78. The molecule has 0 saturated carbocycles. The molecule has 0 aliphatic carbocycles. The van der Waals surface area contributed by atoms with E-state index in [1.165, 1.54) is 24.4 Å². The third kappa shape index (κ3) is 2.39. The molecule has 0 unspecified atom stereocenters. The first-order chi connectivity index (χ1) is 12.3. The van der Waals surface area contributed by atoms with Crippen LogP contribution in [0, 0.1) is 0 Å². The summed E-state index contributed by atoms with van der Waals surface area (Å²) in [6.07, 6.45) is 10.00. The van der Waals surface area contributed by atoms with Gasteiger partial charge in [-0.2, -0.15) is 9.47 Å². The van der Waals surface area contributed by atoms with Crippen LogP contribution in [0.15, 0.2) is 36.4 Å². The highest BCUT2D eigenvalue weighted by Crippen LogP contribution is 2.30. The highest BCUT2D eigenvalue weighted by Gasteiger charge is 2.33. The smallest absolute Gasteiger partial charge is 0.262 e. The predicted molar refractivity (Wildman–Crippen MR) is 94.3 cm³/mol. The number of carbonyl (C=O) groups excluding carboxylic acids is 1. The van der Waals surface area contributed by atoms with Crippen molar-refractivity contribution in [3.63, 3.8) is 0 Å². The standard InChI is InChI=1S/C16H17N7OS/c24-16-11-9-23(20-12(11)10-22(16)15-5-6-17-25-15)14-4-3-13(18-19-14)21-7-1-2-8-21/h3-6,9,18-19H,1-2,7-8,10H2. The zero-order valence-electron chi connectivity index (χ0n) is 13.5. The highest BCUT2D eigenvalue weighted by molar-refractivity contribution is 7.10. The minimum atomic E-state index is -0.0248. The second-order valence-electron chi connectivity index (χ2n) is 6.22. The van der Waals surface area contributed by atoms with Gasteiger partial charge in [0.2, 0.25) is 0 Å². The molecule has 5 heterocycles. The Morgan fingerprint density at radius 1 is 1.12 bits per heavy atom. The lowest BCUT2D eigenvalue weighted by atomic mass is 10.3. The van der Waals surface area contributed by atoms with Crippen molar-refractivity contribution in [2.75, 3.05) is 18.0 Å². The molecule has 8 nitrogen and oxygen atoms in total. The van der Waals surface area contributed by atoms with Gasteiger partial charge in [0.05, 0.1) is 17.8 Å². The summed E-state index contributed by atoms with van der Waals surface area (Å²) >= 11 is 1.32. The molecule has 128 valence electrons. The molecule has 3 aliphatic rings. The van der Waals surface area contributed by atoms with Crippen LogP contribution in [0.5, 0.6) is 0 Å². The number of carbonyl (C=O) groups is 1. The molecule has 1 saturated heterocycles. The number of hydrazine groups is 1. The Morgan fingerprint density at radius 2 is 1.92 bits per heavy atom. The molecule has 0 atom stereocenters. The van der Waals surface area contributed by atoms with Gasteiger partial charge in [0, 0.05) is 25.5 Å². The van der Waals surface area contributed by atoms with Crippen molar-refractivity contribution in [1.82, 2.24) is 29.9 Å². The van der Waals surface area contributed by atoms with Gasteiger partial charge in [-0.3, -0.25) is 20.5 Å². The fourth-order valence-electron chi connectivity index (χ4n) is 3.37. The van der Waals surface area contributed by atoms with Crippen molar-refractivity contribution < 1.29 is 4.79 Å². The van der Waals surface area contributed by atoms with E-state index in [2.05, 4.69) is 31.3 Å². The first-order valence-corrected chi connectivity index (χ1v) is 9.07. The van der Waals surface area contributed by atoms with Crippen molar-refractivity contribution >= 4 is 28.3 Å². The number of hydrogen-bond donors (Lipinski definition) is 2. The fourth-order valence-corrected chi connectivity index (χ4v) is 3.96. The maximum atomic E-state index is 12.6. The second-order valence-corrected chi connectivity index (χ2v) is 7.04. The van der Waals surface area contributed by atoms with Crippen molar-refractivity contribution in [1.29, 1.82) is 0 Å². The lowest BCUT2D eigenvalue weighted by molar-refractivity contribution is 0.0997. The molecule has 25 heavy (non-hydrogen) atoms. The first-order valence-electron chi connectivity index (χ1n) is 8.30. The predicted octanol–water partition coefficient (Wildman–Crippen LogP) is 1.34. The van der Waals surface area contributed by atoms with Crippen LogP contribution in [0.4, 0.5) is 5.00 Å². The lowest BCUT2D eigenvalue weighted by Crippen LogP contribution is -2.40. The molecule has 1 fully saturated rings. The van der Waals surface area contributed by atoms with Crippen LogP contribution in [0.2, 0.25) is 0 Å². The van der Waals surface area contributed by atoms with Crippen LogP contribution in [0.25, 0.3) is 5.82 Å². The number of allylic oxidation sites excluding steroid dienone is 2. The van der Waals surface area contributed by atoms with Gasteiger partial charge < -0.3 is 4.90 Å². The van der Waals surface area contributed by atoms with E-state index in [0.29, 0.717) is 12.1 Å². The molecule has 3 aliphatic heterocycles. The van der Waals surface area contributed by atoms with E-state index in [4.69, 9.17) is 0 Å². The number of hydrogen-bond acceptors (Lipinski definition) is 7. The molecule has 5 rings (SSSR count). The number of nitrogens with zero attached hydrogens (tertiary/aromatic N) is 5. The van der Waals surface area contributed by atoms with Crippen LogP contribution < -0.4 is 15.8 Å². The summed E-state index contributed by atoms with van der Waals surface area (Å²) in [7, 11) is 0. The van der Waals surface area contributed by atoms with Gasteiger partial charge in [0.1, 0.15) is 16.6 Å². The topological polar surface area (TPSA) is 78.3 Å². The van der Waals surface area contributed by atoms with Crippen molar-refractivity contribution in [3.8, 4) is 0 Å².